The predicted octanol–water partition coefficient (Wildman–Crippen LogP) is -1.26. The molecule has 1 saturated heterocycles. The van der Waals surface area contributed by atoms with E-state index in [-0.39, 0.29) is 30.9 Å². The van der Waals surface area contributed by atoms with Gasteiger partial charge in [0, 0.05) is 24.7 Å². The summed E-state index contributed by atoms with van der Waals surface area (Å²) in [5, 5.41) is 5.68. The van der Waals surface area contributed by atoms with E-state index in [2.05, 4.69) is 15.4 Å². The minimum absolute atomic E-state index is 0. The van der Waals surface area contributed by atoms with Gasteiger partial charge in [-0.2, -0.15) is 0 Å². The van der Waals surface area contributed by atoms with Crippen molar-refractivity contribution in [3.63, 3.8) is 0 Å². The summed E-state index contributed by atoms with van der Waals surface area (Å²) in [4.78, 5) is 11.4. The Bertz CT molecular complexity index is 317. The fraction of sp³-hybridized carbons (Fsp3) is 0.857. The molecule has 1 unspecified atom stereocenters. The summed E-state index contributed by atoms with van der Waals surface area (Å²) in [5.74, 6) is 1.49. The smallest absolute Gasteiger partial charge is 0.238 e. The van der Waals surface area contributed by atoms with Crippen LogP contribution >= 0.6 is 24.2 Å². The summed E-state index contributed by atoms with van der Waals surface area (Å²) in [6, 6.07) is -0.145. The minimum Gasteiger partial charge on any atom is -0.353 e. The van der Waals surface area contributed by atoms with E-state index in [1.54, 1.807) is 11.8 Å². The Morgan fingerprint density at radius 1 is 1.50 bits per heavy atom. The van der Waals surface area contributed by atoms with Crippen LogP contribution in [0.3, 0.4) is 0 Å². The summed E-state index contributed by atoms with van der Waals surface area (Å²) in [7, 11) is -3.16. The number of halogens is 1. The standard InChI is InChI=1S/C7H15N3O3S2.ClH/c1-15(12,13)10-3-2-8-7(11)6-4-14-5-9-6;/h6,9-10H,2-5H2,1H3,(H,8,11);1H. The van der Waals surface area contributed by atoms with Crippen LogP contribution < -0.4 is 15.4 Å². The van der Waals surface area contributed by atoms with Gasteiger partial charge >= 0.3 is 0 Å². The van der Waals surface area contributed by atoms with Gasteiger partial charge in [-0.3, -0.25) is 10.1 Å². The second-order valence-corrected chi connectivity index (χ2v) is 6.09. The second kappa shape index (κ2) is 7.33. The molecule has 1 amide bonds. The zero-order valence-corrected chi connectivity index (χ0v) is 11.3. The molecule has 9 heteroatoms. The molecule has 3 N–H and O–H groups in total. The Balaban J connectivity index is 0.00000225. The maximum absolute atomic E-state index is 11.4. The van der Waals surface area contributed by atoms with Crippen molar-refractivity contribution in [3.8, 4) is 0 Å². The number of thioether (sulfide) groups is 1. The third kappa shape index (κ3) is 6.54. The third-order valence-electron chi connectivity index (χ3n) is 1.82. The second-order valence-electron chi connectivity index (χ2n) is 3.23. The van der Waals surface area contributed by atoms with Crippen LogP contribution in [0.5, 0.6) is 0 Å². The summed E-state index contributed by atoms with van der Waals surface area (Å²) < 4.78 is 23.7. The van der Waals surface area contributed by atoms with Crippen LogP contribution in [0, 0.1) is 0 Å². The number of amides is 1. The highest BCUT2D eigenvalue weighted by atomic mass is 35.5. The number of nitrogens with one attached hydrogen (secondary N) is 3. The largest absolute Gasteiger partial charge is 0.353 e. The Kier molecular flexibility index (Phi) is 7.32. The van der Waals surface area contributed by atoms with Crippen LogP contribution in [0.2, 0.25) is 0 Å². The number of rotatable bonds is 5. The molecule has 0 aromatic carbocycles. The first kappa shape index (κ1) is 16.0. The van der Waals surface area contributed by atoms with E-state index in [4.69, 9.17) is 0 Å². The van der Waals surface area contributed by atoms with Gasteiger partial charge in [-0.15, -0.1) is 24.2 Å². The molecule has 6 nitrogen and oxygen atoms in total. The minimum atomic E-state index is -3.16. The molecular weight excluding hydrogens is 274 g/mol. The molecule has 1 aliphatic heterocycles. The molecule has 1 fully saturated rings. The van der Waals surface area contributed by atoms with Gasteiger partial charge in [0.25, 0.3) is 0 Å². The Labute approximate surface area is 106 Å². The molecule has 1 heterocycles. The van der Waals surface area contributed by atoms with Crippen LogP contribution in [0.15, 0.2) is 0 Å². The highest BCUT2D eigenvalue weighted by Gasteiger charge is 2.21. The van der Waals surface area contributed by atoms with Crippen LogP contribution in [0.25, 0.3) is 0 Å². The van der Waals surface area contributed by atoms with E-state index >= 15 is 0 Å². The number of sulfonamides is 1. The van der Waals surface area contributed by atoms with E-state index in [1.165, 1.54) is 0 Å². The zero-order valence-electron chi connectivity index (χ0n) is 8.86. The van der Waals surface area contributed by atoms with Crippen molar-refractivity contribution < 1.29 is 13.2 Å². The summed E-state index contributed by atoms with van der Waals surface area (Å²) >= 11 is 1.67. The number of carbonyl (C=O) groups excluding carboxylic acids is 1. The first-order valence-electron chi connectivity index (χ1n) is 4.52. The molecular formula is C7H16ClN3O3S2. The molecule has 0 spiro atoms. The number of carbonyl (C=O) groups is 1. The lowest BCUT2D eigenvalue weighted by atomic mass is 10.3. The Morgan fingerprint density at radius 3 is 2.69 bits per heavy atom. The van der Waals surface area contributed by atoms with Gasteiger partial charge in [0.05, 0.1) is 12.3 Å². The quantitative estimate of drug-likeness (QED) is 0.550. The monoisotopic (exact) mass is 289 g/mol. The van der Waals surface area contributed by atoms with Crippen LogP contribution in [-0.4, -0.2) is 51.3 Å². The Morgan fingerprint density at radius 2 is 2.19 bits per heavy atom. The highest BCUT2D eigenvalue weighted by Crippen LogP contribution is 2.08. The molecule has 0 saturated carbocycles. The van der Waals surface area contributed by atoms with Crippen molar-refractivity contribution in [2.75, 3.05) is 31.0 Å². The lowest BCUT2D eigenvalue weighted by molar-refractivity contribution is -0.122. The summed E-state index contributed by atoms with van der Waals surface area (Å²) in [6.07, 6.45) is 1.09. The van der Waals surface area contributed by atoms with Gasteiger partial charge in [-0.05, 0) is 0 Å². The average Bonchev–Trinajstić information content (AvgIpc) is 2.63. The number of hydrogen-bond donors (Lipinski definition) is 3. The molecule has 1 aliphatic rings. The lowest BCUT2D eigenvalue weighted by Gasteiger charge is -2.10. The van der Waals surface area contributed by atoms with Gasteiger partial charge in [0.2, 0.25) is 15.9 Å². The van der Waals surface area contributed by atoms with Gasteiger partial charge in [-0.1, -0.05) is 0 Å². The van der Waals surface area contributed by atoms with E-state index in [1.807, 2.05) is 0 Å². The van der Waals surface area contributed by atoms with Gasteiger partial charge < -0.3 is 5.32 Å². The molecule has 0 aromatic rings. The molecule has 1 atom stereocenters. The SMILES string of the molecule is CS(=O)(=O)NCCNC(=O)C1CSCN1.Cl. The van der Waals surface area contributed by atoms with Crippen molar-refractivity contribution in [1.82, 2.24) is 15.4 Å². The van der Waals surface area contributed by atoms with E-state index in [0.717, 1.165) is 17.9 Å². The fourth-order valence-electron chi connectivity index (χ4n) is 1.11. The normalized spacial score (nSPS) is 20.2. The van der Waals surface area contributed by atoms with Crippen molar-refractivity contribution in [1.29, 1.82) is 0 Å². The van der Waals surface area contributed by atoms with Crippen molar-refractivity contribution in [2.24, 2.45) is 0 Å². The van der Waals surface area contributed by atoms with E-state index in [9.17, 15) is 13.2 Å². The van der Waals surface area contributed by atoms with Crippen LogP contribution in [0.1, 0.15) is 0 Å². The van der Waals surface area contributed by atoms with Crippen molar-refractivity contribution in [3.05, 3.63) is 0 Å². The van der Waals surface area contributed by atoms with Gasteiger partial charge in [0.15, 0.2) is 0 Å². The topological polar surface area (TPSA) is 87.3 Å². The summed E-state index contributed by atoms with van der Waals surface area (Å²) in [6.45, 7) is 0.541. The molecule has 0 aliphatic carbocycles. The summed E-state index contributed by atoms with van der Waals surface area (Å²) in [5.41, 5.74) is 0. The number of hydrogen-bond acceptors (Lipinski definition) is 5. The fourth-order valence-corrected chi connectivity index (χ4v) is 2.52. The third-order valence-corrected chi connectivity index (χ3v) is 3.49. The average molecular weight is 290 g/mol. The van der Waals surface area contributed by atoms with Crippen LogP contribution in [0.4, 0.5) is 0 Å². The molecule has 96 valence electrons. The zero-order chi connectivity index (χ0) is 11.3. The van der Waals surface area contributed by atoms with Crippen LogP contribution in [-0.2, 0) is 14.8 Å². The highest BCUT2D eigenvalue weighted by molar-refractivity contribution is 7.99. The maximum Gasteiger partial charge on any atom is 0.238 e. The maximum atomic E-state index is 11.4. The van der Waals surface area contributed by atoms with E-state index in [0.29, 0.717) is 6.54 Å². The molecule has 1 rings (SSSR count). The van der Waals surface area contributed by atoms with Gasteiger partial charge in [0.1, 0.15) is 0 Å². The van der Waals surface area contributed by atoms with E-state index < -0.39 is 10.0 Å². The molecule has 0 bridgehead atoms. The first-order chi connectivity index (χ1) is 6.99. The lowest BCUT2D eigenvalue weighted by Crippen LogP contribution is -2.44. The predicted molar refractivity (Wildman–Crippen MR) is 67.4 cm³/mol. The Hall–Kier alpha value is -0.0200. The first-order valence-corrected chi connectivity index (χ1v) is 7.57. The van der Waals surface area contributed by atoms with Gasteiger partial charge in [-0.25, -0.2) is 13.1 Å². The molecule has 0 radical (unpaired) electrons. The van der Waals surface area contributed by atoms with Crippen molar-refractivity contribution in [2.45, 2.75) is 6.04 Å². The molecule has 16 heavy (non-hydrogen) atoms. The molecule has 0 aromatic heterocycles. The van der Waals surface area contributed by atoms with Crippen molar-refractivity contribution >= 4 is 40.1 Å².